The van der Waals surface area contributed by atoms with Gasteiger partial charge in [-0.05, 0) is 96.8 Å². The Bertz CT molecular complexity index is 2660. The lowest BCUT2D eigenvalue weighted by atomic mass is 10.1. The van der Waals surface area contributed by atoms with Gasteiger partial charge >= 0.3 is 0 Å². The van der Waals surface area contributed by atoms with E-state index in [0.29, 0.717) is 13.1 Å². The summed E-state index contributed by atoms with van der Waals surface area (Å²) in [6.45, 7) is 7.49. The van der Waals surface area contributed by atoms with E-state index < -0.39 is 0 Å². The van der Waals surface area contributed by atoms with Crippen LogP contribution in [0.25, 0.3) is 43.6 Å². The van der Waals surface area contributed by atoms with E-state index in [-0.39, 0.29) is 0 Å². The van der Waals surface area contributed by atoms with Crippen molar-refractivity contribution in [2.45, 2.75) is 40.0 Å². The molecule has 0 aliphatic carbocycles. The van der Waals surface area contributed by atoms with Crippen molar-refractivity contribution in [1.82, 2.24) is 9.13 Å². The fourth-order valence-electron chi connectivity index (χ4n) is 8.03. The Labute approximate surface area is 327 Å². The Morgan fingerprint density at radius 2 is 0.821 bits per heavy atom. The van der Waals surface area contributed by atoms with Crippen LogP contribution in [0.2, 0.25) is 0 Å². The van der Waals surface area contributed by atoms with E-state index in [1.807, 2.05) is 24.6 Å². The topological polar surface area (TPSA) is 41.1 Å². The molecule has 0 atom stereocenters. The molecule has 6 heteroatoms. The summed E-state index contributed by atoms with van der Waals surface area (Å²) < 4.78 is 4.76. The van der Waals surface area contributed by atoms with Gasteiger partial charge in [0.1, 0.15) is 0 Å². The van der Waals surface area contributed by atoms with Crippen molar-refractivity contribution in [1.29, 1.82) is 0 Å². The van der Waals surface area contributed by atoms with Crippen molar-refractivity contribution < 1.29 is 0 Å². The van der Waals surface area contributed by atoms with Crippen LogP contribution in [-0.4, -0.2) is 21.6 Å². The lowest BCUT2D eigenvalue weighted by Crippen LogP contribution is -2.18. The highest BCUT2D eigenvalue weighted by Gasteiger charge is 2.13. The van der Waals surface area contributed by atoms with E-state index in [1.54, 1.807) is 0 Å². The summed E-state index contributed by atoms with van der Waals surface area (Å²) in [4.78, 5) is 0. The molecule has 0 saturated carbocycles. The van der Waals surface area contributed by atoms with Gasteiger partial charge in [0.25, 0.3) is 0 Å². The maximum atomic E-state index is 5.09. The molecule has 0 unspecified atom stereocenters. The van der Waals surface area contributed by atoms with Gasteiger partial charge in [0.15, 0.2) is 0 Å². The van der Waals surface area contributed by atoms with E-state index in [0.717, 1.165) is 35.6 Å². The number of hydrogen-bond donors (Lipinski definition) is 0. The molecule has 0 aliphatic rings. The Balaban J connectivity index is 0.995. The second kappa shape index (κ2) is 15.4. The van der Waals surface area contributed by atoms with Crippen LogP contribution in [0.1, 0.15) is 36.1 Å². The van der Waals surface area contributed by atoms with Crippen LogP contribution in [0.4, 0.5) is 11.4 Å². The van der Waals surface area contributed by atoms with Crippen molar-refractivity contribution in [3.8, 4) is 0 Å². The summed E-state index contributed by atoms with van der Waals surface area (Å²) in [6.07, 6.45) is 3.97. The third-order valence-corrected chi connectivity index (χ3v) is 10.7. The number of hydrogen-bond acceptors (Lipinski definition) is 4. The summed E-state index contributed by atoms with van der Waals surface area (Å²) in [5.74, 6) is 0. The molecular formula is C50H44N6. The summed E-state index contributed by atoms with van der Waals surface area (Å²) in [7, 11) is 0. The van der Waals surface area contributed by atoms with Crippen molar-refractivity contribution in [2.24, 2.45) is 10.2 Å². The normalized spacial score (nSPS) is 11.9. The molecular weight excluding hydrogens is 685 g/mol. The average molecular weight is 729 g/mol. The first-order chi connectivity index (χ1) is 27.7. The first kappa shape index (κ1) is 34.8. The molecule has 0 saturated heterocycles. The van der Waals surface area contributed by atoms with E-state index >= 15 is 0 Å². The highest BCUT2D eigenvalue weighted by atomic mass is 15.5. The molecule has 0 aliphatic heterocycles. The predicted octanol–water partition coefficient (Wildman–Crippen LogP) is 12.0. The number of anilines is 2. The monoisotopic (exact) mass is 728 g/mol. The van der Waals surface area contributed by atoms with Gasteiger partial charge in [-0.3, -0.25) is 10.0 Å². The maximum absolute atomic E-state index is 5.09. The molecule has 9 aromatic rings. The van der Waals surface area contributed by atoms with E-state index in [9.17, 15) is 0 Å². The first-order valence-electron chi connectivity index (χ1n) is 19.5. The fraction of sp³-hybridized carbons (Fsp3) is 0.120. The quantitative estimate of drug-likeness (QED) is 0.0928. The molecule has 2 aromatic heterocycles. The minimum absolute atomic E-state index is 0.617. The minimum atomic E-state index is 0.617. The molecule has 0 spiro atoms. The Kier molecular flexibility index (Phi) is 9.60. The van der Waals surface area contributed by atoms with Crippen molar-refractivity contribution >= 4 is 67.4 Å². The number of nitrogens with zero attached hydrogens (tertiary/aromatic N) is 6. The molecule has 274 valence electrons. The van der Waals surface area contributed by atoms with Crippen LogP contribution in [0.15, 0.2) is 180 Å². The van der Waals surface area contributed by atoms with E-state index in [2.05, 4.69) is 191 Å². The van der Waals surface area contributed by atoms with Crippen LogP contribution in [-0.2, 0) is 26.2 Å². The van der Waals surface area contributed by atoms with Crippen LogP contribution in [0.3, 0.4) is 0 Å². The van der Waals surface area contributed by atoms with Gasteiger partial charge in [0, 0.05) is 56.7 Å². The predicted molar refractivity (Wildman–Crippen MR) is 237 cm³/mol. The zero-order valence-corrected chi connectivity index (χ0v) is 31.8. The third-order valence-electron chi connectivity index (χ3n) is 10.7. The molecule has 2 heterocycles. The van der Waals surface area contributed by atoms with Gasteiger partial charge in [0.2, 0.25) is 0 Å². The van der Waals surface area contributed by atoms with Crippen LogP contribution < -0.4 is 10.0 Å². The van der Waals surface area contributed by atoms with E-state index in [1.165, 1.54) is 54.7 Å². The lowest BCUT2D eigenvalue weighted by molar-refractivity contribution is 0.827. The Morgan fingerprint density at radius 3 is 1.27 bits per heavy atom. The second-order valence-electron chi connectivity index (χ2n) is 14.2. The number of fused-ring (bicyclic) bond motifs is 6. The molecule has 0 fully saturated rings. The molecule has 0 N–H and O–H groups in total. The highest BCUT2D eigenvalue weighted by molar-refractivity contribution is 6.10. The second-order valence-corrected chi connectivity index (χ2v) is 14.2. The van der Waals surface area contributed by atoms with Crippen LogP contribution in [0.5, 0.6) is 0 Å². The Morgan fingerprint density at radius 1 is 0.411 bits per heavy atom. The Hall–Kier alpha value is -6.92. The number of rotatable bonds is 12. The third kappa shape index (κ3) is 6.82. The first-order valence-corrected chi connectivity index (χ1v) is 19.5. The van der Waals surface area contributed by atoms with E-state index in [4.69, 9.17) is 10.2 Å². The molecule has 9 rings (SSSR count). The standard InChI is InChI=1S/C50H44N6/c1-3-53-47-24-13-11-22-43(47)45-31-37(26-28-49(45)53)33-51-55(41-18-7-5-8-19-41)35-39-16-15-17-40(30-39)36-56(42-20-9-6-10-21-42)52-34-38-27-29-50-46(32-38)44-23-12-14-25-48(44)54(50)4-2/h5-34H,3-4,35-36H2,1-2H3/b51-33+,52-34+. The number of para-hydroxylation sites is 4. The van der Waals surface area contributed by atoms with Gasteiger partial charge in [-0.25, -0.2) is 0 Å². The number of benzene rings is 7. The van der Waals surface area contributed by atoms with Crippen molar-refractivity contribution in [3.63, 3.8) is 0 Å². The van der Waals surface area contributed by atoms with Crippen molar-refractivity contribution in [2.75, 3.05) is 10.0 Å². The van der Waals surface area contributed by atoms with Gasteiger partial charge in [-0.1, -0.05) is 109 Å². The lowest BCUT2D eigenvalue weighted by Gasteiger charge is -2.22. The number of aromatic nitrogens is 2. The molecule has 0 radical (unpaired) electrons. The van der Waals surface area contributed by atoms with Crippen LogP contribution in [0, 0.1) is 0 Å². The molecule has 7 aromatic carbocycles. The fourth-order valence-corrected chi connectivity index (χ4v) is 8.03. The van der Waals surface area contributed by atoms with Gasteiger partial charge < -0.3 is 9.13 Å². The SMILES string of the molecule is CCn1c2ccccc2c2cc(/C=N/N(Cc3cccc(CN(/N=C/c4ccc5c(c4)c4ccccc4n5CC)c4ccccc4)c3)c3ccccc3)ccc21. The summed E-state index contributed by atoms with van der Waals surface area (Å²) in [6, 6.07) is 60.2. The molecule has 0 amide bonds. The smallest absolute Gasteiger partial charge is 0.0666 e. The highest BCUT2D eigenvalue weighted by Crippen LogP contribution is 2.31. The summed E-state index contributed by atoms with van der Waals surface area (Å²) >= 11 is 0. The zero-order chi connectivity index (χ0) is 37.8. The van der Waals surface area contributed by atoms with Gasteiger partial charge in [-0.2, -0.15) is 10.2 Å². The maximum Gasteiger partial charge on any atom is 0.0666 e. The number of aryl methyl sites for hydroxylation is 2. The molecule has 6 nitrogen and oxygen atoms in total. The minimum Gasteiger partial charge on any atom is -0.341 e. The van der Waals surface area contributed by atoms with Gasteiger partial charge in [0.05, 0.1) is 36.9 Å². The summed E-state index contributed by atoms with van der Waals surface area (Å²) in [5, 5.41) is 19.4. The van der Waals surface area contributed by atoms with Crippen molar-refractivity contribution in [3.05, 3.63) is 192 Å². The summed E-state index contributed by atoms with van der Waals surface area (Å²) in [5.41, 5.74) is 11.6. The largest absolute Gasteiger partial charge is 0.341 e. The molecule has 0 bridgehead atoms. The number of hydrazone groups is 2. The van der Waals surface area contributed by atoms with Crippen LogP contribution >= 0.6 is 0 Å². The average Bonchev–Trinajstić information content (AvgIpc) is 3.75. The molecule has 56 heavy (non-hydrogen) atoms. The van der Waals surface area contributed by atoms with Gasteiger partial charge in [-0.15, -0.1) is 0 Å². The zero-order valence-electron chi connectivity index (χ0n) is 31.8.